The quantitative estimate of drug-likeness (QED) is 0.727. The van der Waals surface area contributed by atoms with Crippen LogP contribution in [0.25, 0.3) is 0 Å². The summed E-state index contributed by atoms with van der Waals surface area (Å²) in [5.41, 5.74) is 5.87. The maximum absolute atomic E-state index is 13.0. The van der Waals surface area contributed by atoms with Crippen molar-refractivity contribution in [2.24, 2.45) is 11.7 Å². The van der Waals surface area contributed by atoms with Gasteiger partial charge in [0, 0.05) is 25.7 Å². The third kappa shape index (κ3) is 2.93. The minimum atomic E-state index is -3.31. The Bertz CT molecular complexity index is 302. The summed E-state index contributed by atoms with van der Waals surface area (Å²) in [5.74, 6) is -4.25. The molecule has 0 amide bonds. The van der Waals surface area contributed by atoms with Crippen molar-refractivity contribution < 1.29 is 18.3 Å². The summed E-state index contributed by atoms with van der Waals surface area (Å²) in [6.07, 6.45) is -0.252. The molecule has 6 heteroatoms. The molecule has 0 aromatic rings. The summed E-state index contributed by atoms with van der Waals surface area (Å²) in [4.78, 5) is 12.9. The van der Waals surface area contributed by atoms with Crippen molar-refractivity contribution in [2.75, 3.05) is 19.6 Å². The van der Waals surface area contributed by atoms with Gasteiger partial charge in [-0.3, -0.25) is 4.90 Å². The summed E-state index contributed by atoms with van der Waals surface area (Å²) in [6.45, 7) is 3.96. The first kappa shape index (κ1) is 12.7. The minimum absolute atomic E-state index is 0.0800. The average Bonchev–Trinajstić information content (AvgIpc) is 2.37. The van der Waals surface area contributed by atoms with E-state index in [-0.39, 0.29) is 6.04 Å². The van der Waals surface area contributed by atoms with Crippen molar-refractivity contribution in [2.45, 2.75) is 37.8 Å². The second-order valence-electron chi connectivity index (χ2n) is 5.26. The Morgan fingerprint density at radius 1 is 1.53 bits per heavy atom. The third-order valence-electron chi connectivity index (χ3n) is 3.29. The molecule has 17 heavy (non-hydrogen) atoms. The molecule has 2 rings (SSSR count). The van der Waals surface area contributed by atoms with Crippen LogP contribution in [0, 0.1) is 5.92 Å². The van der Waals surface area contributed by atoms with E-state index in [1.165, 1.54) is 0 Å². The van der Waals surface area contributed by atoms with Crippen LogP contribution in [0.2, 0.25) is 0 Å². The van der Waals surface area contributed by atoms with Crippen LogP contribution < -0.4 is 5.73 Å². The van der Waals surface area contributed by atoms with Crippen LogP contribution in [-0.4, -0.2) is 48.6 Å². The van der Waals surface area contributed by atoms with Crippen molar-refractivity contribution in [3.05, 3.63) is 0 Å². The summed E-state index contributed by atoms with van der Waals surface area (Å²) in [6, 6.07) is 0.0800. The van der Waals surface area contributed by atoms with Gasteiger partial charge >= 0.3 is 11.9 Å². The summed E-state index contributed by atoms with van der Waals surface area (Å²) >= 11 is 0. The smallest absolute Gasteiger partial charge is 0.377 e. The molecular weight excluding hydrogens is 230 g/mol. The van der Waals surface area contributed by atoms with Gasteiger partial charge < -0.3 is 10.5 Å². The first-order valence-corrected chi connectivity index (χ1v) is 5.93. The number of halogens is 2. The van der Waals surface area contributed by atoms with Gasteiger partial charge in [0.2, 0.25) is 0 Å². The van der Waals surface area contributed by atoms with Crippen molar-refractivity contribution in [3.8, 4) is 0 Å². The van der Waals surface area contributed by atoms with Crippen LogP contribution in [0.1, 0.15) is 19.8 Å². The Morgan fingerprint density at radius 2 is 2.24 bits per heavy atom. The van der Waals surface area contributed by atoms with Crippen LogP contribution in [0.4, 0.5) is 8.78 Å². The van der Waals surface area contributed by atoms with Gasteiger partial charge in [0.1, 0.15) is 6.10 Å². The highest BCUT2D eigenvalue weighted by atomic mass is 19.3. The van der Waals surface area contributed by atoms with E-state index < -0.39 is 24.4 Å². The zero-order valence-electron chi connectivity index (χ0n) is 9.86. The van der Waals surface area contributed by atoms with Crippen molar-refractivity contribution in [1.29, 1.82) is 0 Å². The zero-order valence-corrected chi connectivity index (χ0v) is 9.86. The van der Waals surface area contributed by atoms with E-state index in [4.69, 9.17) is 5.73 Å². The number of nitrogens with two attached hydrogens (primary N) is 1. The molecule has 0 aromatic heterocycles. The Labute approximate surface area is 99.1 Å². The van der Waals surface area contributed by atoms with Gasteiger partial charge in [-0.05, 0) is 12.3 Å². The predicted octanol–water partition coefficient (Wildman–Crippen LogP) is 0.606. The first-order chi connectivity index (χ1) is 7.87. The molecule has 98 valence electrons. The van der Waals surface area contributed by atoms with Crippen LogP contribution in [0.3, 0.4) is 0 Å². The number of cyclic esters (lactones) is 1. The molecule has 0 aromatic carbocycles. The molecule has 2 N–H and O–H groups in total. The number of carbonyl (C=O) groups excluding carboxylic acids is 1. The fraction of sp³-hybridized carbons (Fsp3) is 0.909. The number of piperidine rings is 1. The van der Waals surface area contributed by atoms with Gasteiger partial charge in [0.05, 0.1) is 6.42 Å². The SMILES string of the molecule is CC1CC(N)CN(CC2CC(F)(F)C(=O)O2)C1. The van der Waals surface area contributed by atoms with Crippen LogP contribution in [0.15, 0.2) is 0 Å². The fourth-order valence-electron chi connectivity index (χ4n) is 2.70. The van der Waals surface area contributed by atoms with Crippen LogP contribution in [-0.2, 0) is 9.53 Å². The molecule has 0 aliphatic carbocycles. The molecule has 3 atom stereocenters. The van der Waals surface area contributed by atoms with E-state index in [1.807, 2.05) is 4.90 Å². The Kier molecular flexibility index (Phi) is 3.36. The lowest BCUT2D eigenvalue weighted by Gasteiger charge is -2.35. The summed E-state index contributed by atoms with van der Waals surface area (Å²) in [7, 11) is 0. The minimum Gasteiger partial charge on any atom is -0.456 e. The van der Waals surface area contributed by atoms with E-state index >= 15 is 0 Å². The molecular formula is C11H18F2N2O2. The van der Waals surface area contributed by atoms with Gasteiger partial charge in [-0.2, -0.15) is 8.78 Å². The number of carbonyl (C=O) groups is 1. The van der Waals surface area contributed by atoms with Gasteiger partial charge in [0.15, 0.2) is 0 Å². The highest BCUT2D eigenvalue weighted by molar-refractivity contribution is 5.79. The predicted molar refractivity (Wildman–Crippen MR) is 57.6 cm³/mol. The highest BCUT2D eigenvalue weighted by Gasteiger charge is 2.51. The van der Waals surface area contributed by atoms with Crippen LogP contribution >= 0.6 is 0 Å². The summed E-state index contributed by atoms with van der Waals surface area (Å²) < 4.78 is 30.6. The molecule has 0 radical (unpaired) electrons. The van der Waals surface area contributed by atoms with E-state index in [2.05, 4.69) is 11.7 Å². The topological polar surface area (TPSA) is 55.6 Å². The first-order valence-electron chi connectivity index (χ1n) is 5.93. The molecule has 2 aliphatic rings. The van der Waals surface area contributed by atoms with E-state index in [9.17, 15) is 13.6 Å². The second-order valence-corrected chi connectivity index (χ2v) is 5.26. The molecule has 2 aliphatic heterocycles. The molecule has 2 heterocycles. The lowest BCUT2D eigenvalue weighted by atomic mass is 9.96. The number of esters is 1. The standard InChI is InChI=1S/C11H18F2N2O2/c1-7-2-8(14)5-15(4-7)6-9-3-11(12,13)10(16)17-9/h7-9H,2-6,14H2,1H3. The van der Waals surface area contributed by atoms with Crippen molar-refractivity contribution in [1.82, 2.24) is 4.90 Å². The van der Waals surface area contributed by atoms with Crippen molar-refractivity contribution in [3.63, 3.8) is 0 Å². The van der Waals surface area contributed by atoms with E-state index in [0.29, 0.717) is 19.0 Å². The molecule has 2 saturated heterocycles. The van der Waals surface area contributed by atoms with Crippen molar-refractivity contribution >= 4 is 5.97 Å². The molecule has 0 bridgehead atoms. The lowest BCUT2D eigenvalue weighted by molar-refractivity contribution is -0.159. The third-order valence-corrected chi connectivity index (χ3v) is 3.29. The number of rotatable bonds is 2. The molecule has 0 saturated carbocycles. The molecule has 4 nitrogen and oxygen atoms in total. The largest absolute Gasteiger partial charge is 0.456 e. The Hall–Kier alpha value is -0.750. The maximum Gasteiger partial charge on any atom is 0.377 e. The number of nitrogens with zero attached hydrogens (tertiary/aromatic N) is 1. The highest BCUT2D eigenvalue weighted by Crippen LogP contribution is 2.31. The maximum atomic E-state index is 13.0. The molecule has 0 spiro atoms. The number of alkyl halides is 2. The normalized spacial score (nSPS) is 38.1. The monoisotopic (exact) mass is 248 g/mol. The summed E-state index contributed by atoms with van der Waals surface area (Å²) in [5, 5.41) is 0. The molecule has 3 unspecified atom stereocenters. The van der Waals surface area contributed by atoms with Gasteiger partial charge in [-0.25, -0.2) is 4.79 Å². The van der Waals surface area contributed by atoms with Gasteiger partial charge in [-0.15, -0.1) is 0 Å². The number of hydrogen-bond acceptors (Lipinski definition) is 4. The number of ether oxygens (including phenoxy) is 1. The Balaban J connectivity index is 1.88. The second kappa shape index (κ2) is 4.49. The number of likely N-dealkylation sites (tertiary alicyclic amines) is 1. The zero-order chi connectivity index (χ0) is 12.6. The Morgan fingerprint density at radius 3 is 2.76 bits per heavy atom. The fourth-order valence-corrected chi connectivity index (χ4v) is 2.70. The van der Waals surface area contributed by atoms with Crippen LogP contribution in [0.5, 0.6) is 0 Å². The van der Waals surface area contributed by atoms with E-state index in [0.717, 1.165) is 13.0 Å². The van der Waals surface area contributed by atoms with Gasteiger partial charge in [-0.1, -0.05) is 6.92 Å². The van der Waals surface area contributed by atoms with E-state index in [1.54, 1.807) is 0 Å². The number of hydrogen-bond donors (Lipinski definition) is 1. The lowest BCUT2D eigenvalue weighted by Crippen LogP contribution is -2.48. The molecule has 2 fully saturated rings. The average molecular weight is 248 g/mol. The van der Waals surface area contributed by atoms with Gasteiger partial charge in [0.25, 0.3) is 0 Å².